The van der Waals surface area contributed by atoms with Crippen LogP contribution in [0.2, 0.25) is 0 Å². The molecule has 2 atom stereocenters. The van der Waals surface area contributed by atoms with Gasteiger partial charge in [0.1, 0.15) is 19.8 Å². The lowest BCUT2D eigenvalue weighted by atomic mass is 9.85. The summed E-state index contributed by atoms with van der Waals surface area (Å²) < 4.78 is 34.5. The molecule has 0 spiro atoms. The minimum absolute atomic E-state index is 0.0391. The van der Waals surface area contributed by atoms with Crippen LogP contribution in [0.1, 0.15) is 231 Å². The highest BCUT2D eigenvalue weighted by Gasteiger charge is 2.27. The molecule has 2 saturated carbocycles. The fourth-order valence-corrected chi connectivity index (χ4v) is 9.54. The summed E-state index contributed by atoms with van der Waals surface area (Å²) in [6.07, 6.45) is 43.9. The van der Waals surface area contributed by atoms with Gasteiger partial charge >= 0.3 is 19.8 Å². The molecule has 9 nitrogen and oxygen atoms in total. The number of likely N-dealkylation sites (N-methyl/N-ethyl adjacent to an activating group) is 1. The quantitative estimate of drug-likeness (QED) is 0.0283. The standard InChI is InChI=1S/C48H92NO8P/c1-49(2,3)40-41-55-58(52,53)56-43-46(57-48(51)39-31-21-17-13-9-5-7-11-15-19-25-33-45-36-28-23-29-37-45)42-54-47(50)38-30-20-16-12-8-4-6-10-14-18-24-32-44-34-26-22-27-35-44/h44-46H,4-43H2,1-3H3/p+1/t46-/m1/s1. The van der Waals surface area contributed by atoms with Crippen LogP contribution in [0.3, 0.4) is 0 Å². The van der Waals surface area contributed by atoms with Crippen molar-refractivity contribution >= 4 is 19.8 Å². The molecule has 0 heterocycles. The number of hydrogen-bond acceptors (Lipinski definition) is 7. The van der Waals surface area contributed by atoms with Crippen LogP contribution in [-0.2, 0) is 32.7 Å². The van der Waals surface area contributed by atoms with Crippen LogP contribution in [0.5, 0.6) is 0 Å². The summed E-state index contributed by atoms with van der Waals surface area (Å²) in [4.78, 5) is 35.5. The van der Waals surface area contributed by atoms with Crippen molar-refractivity contribution in [1.29, 1.82) is 0 Å². The Kier molecular flexibility index (Phi) is 31.7. The van der Waals surface area contributed by atoms with Crippen molar-refractivity contribution in [1.82, 2.24) is 0 Å². The maximum Gasteiger partial charge on any atom is 0.472 e. The summed E-state index contributed by atoms with van der Waals surface area (Å²) in [5.74, 6) is 1.26. The lowest BCUT2D eigenvalue weighted by Crippen LogP contribution is -2.37. The van der Waals surface area contributed by atoms with Crippen molar-refractivity contribution in [3.8, 4) is 0 Å². The Labute approximate surface area is 357 Å². The predicted octanol–water partition coefficient (Wildman–Crippen LogP) is 13.6. The molecule has 0 aromatic heterocycles. The summed E-state index contributed by atoms with van der Waals surface area (Å²) in [6, 6.07) is 0. The number of hydrogen-bond donors (Lipinski definition) is 1. The van der Waals surface area contributed by atoms with Gasteiger partial charge in [0.2, 0.25) is 0 Å². The molecule has 10 heteroatoms. The molecule has 2 fully saturated rings. The second-order valence-corrected chi connectivity index (χ2v) is 20.7. The van der Waals surface area contributed by atoms with E-state index in [-0.39, 0.29) is 25.6 Å². The van der Waals surface area contributed by atoms with E-state index < -0.39 is 26.5 Å². The molecule has 342 valence electrons. The number of phosphoric ester groups is 1. The van der Waals surface area contributed by atoms with E-state index in [0.29, 0.717) is 17.4 Å². The van der Waals surface area contributed by atoms with Crippen molar-refractivity contribution < 1.29 is 42.1 Å². The zero-order chi connectivity index (χ0) is 42.0. The van der Waals surface area contributed by atoms with E-state index in [2.05, 4.69) is 0 Å². The van der Waals surface area contributed by atoms with Gasteiger partial charge in [-0.1, -0.05) is 205 Å². The molecule has 0 saturated heterocycles. The van der Waals surface area contributed by atoms with Gasteiger partial charge in [-0.25, -0.2) is 4.57 Å². The van der Waals surface area contributed by atoms with Crippen LogP contribution in [0.15, 0.2) is 0 Å². The third-order valence-electron chi connectivity index (χ3n) is 12.6. The SMILES string of the molecule is C[N+](C)(C)CCOP(=O)(O)OC[C@@H](COC(=O)CCCCCCCCCCCCCC1CCCCC1)OC(=O)CCCCCCCCCCCCCC1CCCCC1. The topological polar surface area (TPSA) is 108 Å². The van der Waals surface area contributed by atoms with E-state index in [1.807, 2.05) is 21.1 Å². The van der Waals surface area contributed by atoms with Crippen LogP contribution in [0.4, 0.5) is 0 Å². The smallest absolute Gasteiger partial charge is 0.462 e. The first-order valence-corrected chi connectivity index (χ1v) is 26.3. The van der Waals surface area contributed by atoms with E-state index in [1.165, 1.54) is 180 Å². The second kappa shape index (κ2) is 34.6. The van der Waals surface area contributed by atoms with E-state index >= 15 is 0 Å². The summed E-state index contributed by atoms with van der Waals surface area (Å²) in [5, 5.41) is 0. The molecule has 0 bridgehead atoms. The third-order valence-corrected chi connectivity index (χ3v) is 13.6. The van der Waals surface area contributed by atoms with Crippen molar-refractivity contribution in [3.05, 3.63) is 0 Å². The molecule has 2 aliphatic carbocycles. The Bertz CT molecular complexity index is 1040. The lowest BCUT2D eigenvalue weighted by molar-refractivity contribution is -0.870. The number of esters is 2. The van der Waals surface area contributed by atoms with Crippen molar-refractivity contribution in [2.75, 3.05) is 47.5 Å². The fraction of sp³-hybridized carbons (Fsp3) is 0.958. The first-order chi connectivity index (χ1) is 28.0. The number of rotatable bonds is 38. The Balaban J connectivity index is 1.53. The minimum Gasteiger partial charge on any atom is -0.462 e. The zero-order valence-corrected chi connectivity index (χ0v) is 39.1. The van der Waals surface area contributed by atoms with Crippen LogP contribution in [-0.4, -0.2) is 74.9 Å². The van der Waals surface area contributed by atoms with Crippen molar-refractivity contribution in [2.24, 2.45) is 11.8 Å². The Morgan fingerprint density at radius 1 is 0.534 bits per heavy atom. The molecular weight excluding hydrogens is 750 g/mol. The third kappa shape index (κ3) is 32.7. The molecule has 2 aliphatic rings. The molecular formula is C48H93NO8P+. The highest BCUT2D eigenvalue weighted by atomic mass is 31.2. The van der Waals surface area contributed by atoms with Gasteiger partial charge in [-0.15, -0.1) is 0 Å². The van der Waals surface area contributed by atoms with Crippen LogP contribution in [0.25, 0.3) is 0 Å². The Morgan fingerprint density at radius 2 is 0.914 bits per heavy atom. The van der Waals surface area contributed by atoms with Crippen molar-refractivity contribution in [2.45, 2.75) is 237 Å². The zero-order valence-electron chi connectivity index (χ0n) is 38.2. The highest BCUT2D eigenvalue weighted by molar-refractivity contribution is 7.47. The van der Waals surface area contributed by atoms with Gasteiger partial charge in [-0.3, -0.25) is 18.6 Å². The highest BCUT2D eigenvalue weighted by Crippen LogP contribution is 2.43. The fourth-order valence-electron chi connectivity index (χ4n) is 8.80. The summed E-state index contributed by atoms with van der Waals surface area (Å²) in [7, 11) is 1.50. The lowest BCUT2D eigenvalue weighted by Gasteiger charge is -2.24. The molecule has 0 radical (unpaired) electrons. The predicted molar refractivity (Wildman–Crippen MR) is 239 cm³/mol. The van der Waals surface area contributed by atoms with Gasteiger partial charge in [-0.2, -0.15) is 0 Å². The maximum atomic E-state index is 12.7. The van der Waals surface area contributed by atoms with Crippen LogP contribution >= 0.6 is 7.82 Å². The number of carbonyl (C=O) groups is 2. The molecule has 2 rings (SSSR count). The first kappa shape index (κ1) is 53.1. The van der Waals surface area contributed by atoms with E-state index in [4.69, 9.17) is 18.5 Å². The number of ether oxygens (including phenoxy) is 2. The number of nitrogens with zero attached hydrogens (tertiary/aromatic N) is 1. The molecule has 0 aliphatic heterocycles. The molecule has 58 heavy (non-hydrogen) atoms. The first-order valence-electron chi connectivity index (χ1n) is 24.8. The van der Waals surface area contributed by atoms with E-state index in [1.54, 1.807) is 0 Å². The average Bonchev–Trinajstić information content (AvgIpc) is 3.19. The van der Waals surface area contributed by atoms with Crippen LogP contribution < -0.4 is 0 Å². The van der Waals surface area contributed by atoms with Crippen LogP contribution in [0, 0.1) is 11.8 Å². The number of quaternary nitrogens is 1. The van der Waals surface area contributed by atoms with Gasteiger partial charge in [0.05, 0.1) is 27.7 Å². The molecule has 0 amide bonds. The molecule has 0 aromatic rings. The van der Waals surface area contributed by atoms with Gasteiger partial charge < -0.3 is 18.9 Å². The average molecular weight is 843 g/mol. The summed E-state index contributed by atoms with van der Waals surface area (Å²) >= 11 is 0. The van der Waals surface area contributed by atoms with Gasteiger partial charge in [0.15, 0.2) is 6.10 Å². The molecule has 1 N–H and O–H groups in total. The number of phosphoric acid groups is 1. The summed E-state index contributed by atoms with van der Waals surface area (Å²) in [6.45, 7) is -0.0510. The maximum absolute atomic E-state index is 12.7. The molecule has 0 aromatic carbocycles. The Hall–Kier alpha value is -0.990. The summed E-state index contributed by atoms with van der Waals surface area (Å²) in [5.41, 5.74) is 0. The van der Waals surface area contributed by atoms with E-state index in [0.717, 1.165) is 50.4 Å². The van der Waals surface area contributed by atoms with Gasteiger partial charge in [0, 0.05) is 12.8 Å². The van der Waals surface area contributed by atoms with Crippen molar-refractivity contribution in [3.63, 3.8) is 0 Å². The van der Waals surface area contributed by atoms with Gasteiger partial charge in [-0.05, 0) is 24.7 Å². The normalized spacial score (nSPS) is 17.2. The number of unbranched alkanes of at least 4 members (excludes halogenated alkanes) is 20. The van der Waals surface area contributed by atoms with Gasteiger partial charge in [0.25, 0.3) is 0 Å². The number of carbonyl (C=O) groups excluding carboxylic acids is 2. The second-order valence-electron chi connectivity index (χ2n) is 19.3. The largest absolute Gasteiger partial charge is 0.472 e. The monoisotopic (exact) mass is 843 g/mol. The minimum atomic E-state index is -4.37. The Morgan fingerprint density at radius 3 is 1.33 bits per heavy atom. The molecule has 1 unspecified atom stereocenters. The van der Waals surface area contributed by atoms with E-state index in [9.17, 15) is 19.0 Å².